The van der Waals surface area contributed by atoms with Crippen molar-refractivity contribution in [3.8, 4) is 0 Å². The first-order valence-corrected chi connectivity index (χ1v) is 7.60. The summed E-state index contributed by atoms with van der Waals surface area (Å²) in [5, 5.41) is 3.21. The van der Waals surface area contributed by atoms with E-state index in [-0.39, 0.29) is 17.5 Å². The molecule has 0 saturated carbocycles. The van der Waals surface area contributed by atoms with E-state index in [4.69, 9.17) is 0 Å². The van der Waals surface area contributed by atoms with Gasteiger partial charge in [0.05, 0.1) is 5.56 Å². The summed E-state index contributed by atoms with van der Waals surface area (Å²) in [4.78, 5) is 2.08. The summed E-state index contributed by atoms with van der Waals surface area (Å²) in [6, 6.07) is 2.41. The lowest BCUT2D eigenvalue weighted by Crippen LogP contribution is -2.45. The molecule has 6 heteroatoms. The minimum atomic E-state index is -4.45. The largest absolute Gasteiger partial charge is 0.416 e. The molecule has 1 heterocycles. The number of halogens is 4. The van der Waals surface area contributed by atoms with Crippen LogP contribution in [0.15, 0.2) is 18.2 Å². The third kappa shape index (κ3) is 4.20. The van der Waals surface area contributed by atoms with E-state index in [1.165, 1.54) is 0 Å². The van der Waals surface area contributed by atoms with E-state index in [0.717, 1.165) is 31.3 Å². The monoisotopic (exact) mass is 318 g/mol. The Labute approximate surface area is 128 Å². The van der Waals surface area contributed by atoms with Gasteiger partial charge in [-0.15, -0.1) is 0 Å². The van der Waals surface area contributed by atoms with Crippen LogP contribution >= 0.6 is 0 Å². The van der Waals surface area contributed by atoms with Gasteiger partial charge in [0.15, 0.2) is 0 Å². The summed E-state index contributed by atoms with van der Waals surface area (Å²) < 4.78 is 53.0. The first-order chi connectivity index (χ1) is 10.3. The lowest BCUT2D eigenvalue weighted by atomic mass is 9.93. The van der Waals surface area contributed by atoms with Crippen molar-refractivity contribution in [3.63, 3.8) is 0 Å². The van der Waals surface area contributed by atoms with Gasteiger partial charge in [-0.3, -0.25) is 4.90 Å². The highest BCUT2D eigenvalue weighted by Crippen LogP contribution is 2.35. The van der Waals surface area contributed by atoms with Crippen molar-refractivity contribution in [1.82, 2.24) is 10.2 Å². The summed E-state index contributed by atoms with van der Waals surface area (Å²) >= 11 is 0. The van der Waals surface area contributed by atoms with Gasteiger partial charge in [-0.2, -0.15) is 13.2 Å². The number of rotatable bonds is 4. The second-order valence-corrected chi connectivity index (χ2v) is 6.17. The molecule has 0 unspecified atom stereocenters. The maximum atomic E-state index is 14.2. The van der Waals surface area contributed by atoms with Gasteiger partial charge in [-0.25, -0.2) is 4.39 Å². The molecule has 1 aromatic rings. The smallest absolute Gasteiger partial charge is 0.314 e. The van der Waals surface area contributed by atoms with Gasteiger partial charge in [-0.1, -0.05) is 13.8 Å². The minimum Gasteiger partial charge on any atom is -0.314 e. The average Bonchev–Trinajstić information content (AvgIpc) is 2.45. The Morgan fingerprint density at radius 3 is 2.36 bits per heavy atom. The second kappa shape index (κ2) is 6.96. The topological polar surface area (TPSA) is 15.3 Å². The van der Waals surface area contributed by atoms with Crippen LogP contribution in [-0.4, -0.2) is 31.1 Å². The highest BCUT2D eigenvalue weighted by molar-refractivity contribution is 5.30. The van der Waals surface area contributed by atoms with Crippen LogP contribution in [0.5, 0.6) is 0 Å². The quantitative estimate of drug-likeness (QED) is 0.849. The number of piperazine rings is 1. The lowest BCUT2D eigenvalue weighted by molar-refractivity contribution is -0.137. The summed E-state index contributed by atoms with van der Waals surface area (Å²) in [5.41, 5.74) is -0.627. The van der Waals surface area contributed by atoms with Gasteiger partial charge in [0, 0.05) is 37.8 Å². The zero-order chi connectivity index (χ0) is 16.3. The molecule has 0 bridgehead atoms. The number of alkyl halides is 3. The Hall–Kier alpha value is -1.14. The van der Waals surface area contributed by atoms with E-state index >= 15 is 0 Å². The molecule has 0 aromatic heterocycles. The molecule has 0 radical (unpaired) electrons. The predicted octanol–water partition coefficient (Wildman–Crippen LogP) is 3.84. The fourth-order valence-corrected chi connectivity index (χ4v) is 2.89. The number of nitrogens with one attached hydrogen (secondary N) is 1. The van der Waals surface area contributed by atoms with Gasteiger partial charge in [0.25, 0.3) is 0 Å². The SMILES string of the molecule is CC(C)C[C@H](c1cc(C(F)(F)F)ccc1F)N1CCNCC1. The van der Waals surface area contributed by atoms with Crippen LogP contribution in [0.4, 0.5) is 17.6 Å². The van der Waals surface area contributed by atoms with E-state index in [0.29, 0.717) is 19.5 Å². The summed E-state index contributed by atoms with van der Waals surface area (Å²) in [6.07, 6.45) is -3.81. The molecule has 1 atom stereocenters. The molecule has 124 valence electrons. The van der Waals surface area contributed by atoms with Crippen LogP contribution < -0.4 is 5.32 Å². The van der Waals surface area contributed by atoms with E-state index < -0.39 is 17.6 Å². The van der Waals surface area contributed by atoms with Crippen molar-refractivity contribution in [1.29, 1.82) is 0 Å². The Kier molecular flexibility index (Phi) is 5.45. The number of benzene rings is 1. The normalized spacial score (nSPS) is 18.7. The van der Waals surface area contributed by atoms with Crippen molar-refractivity contribution in [2.24, 2.45) is 5.92 Å². The first kappa shape index (κ1) is 17.2. The van der Waals surface area contributed by atoms with Gasteiger partial charge in [0.2, 0.25) is 0 Å². The van der Waals surface area contributed by atoms with Crippen LogP contribution in [0.25, 0.3) is 0 Å². The maximum absolute atomic E-state index is 14.2. The number of hydrogen-bond donors (Lipinski definition) is 1. The molecule has 1 saturated heterocycles. The molecule has 2 nitrogen and oxygen atoms in total. The molecule has 2 rings (SSSR count). The molecule has 0 spiro atoms. The first-order valence-electron chi connectivity index (χ1n) is 7.60. The summed E-state index contributed by atoms with van der Waals surface area (Å²) in [5.74, 6) is -0.286. The van der Waals surface area contributed by atoms with Crippen LogP contribution in [0.3, 0.4) is 0 Å². The van der Waals surface area contributed by atoms with Crippen LogP contribution in [0.1, 0.15) is 37.4 Å². The second-order valence-electron chi connectivity index (χ2n) is 6.17. The van der Waals surface area contributed by atoms with Crippen molar-refractivity contribution in [2.75, 3.05) is 26.2 Å². The van der Waals surface area contributed by atoms with Crippen LogP contribution in [0, 0.1) is 11.7 Å². The molecular weight excluding hydrogens is 296 g/mol. The number of nitrogens with zero attached hydrogens (tertiary/aromatic N) is 1. The average molecular weight is 318 g/mol. The third-order valence-corrected chi connectivity index (χ3v) is 3.97. The predicted molar refractivity (Wildman–Crippen MR) is 78.0 cm³/mol. The highest BCUT2D eigenvalue weighted by Gasteiger charge is 2.33. The van der Waals surface area contributed by atoms with E-state index in [9.17, 15) is 17.6 Å². The molecule has 1 N–H and O–H groups in total. The zero-order valence-corrected chi connectivity index (χ0v) is 12.9. The molecule has 0 aliphatic carbocycles. The van der Waals surface area contributed by atoms with Gasteiger partial charge >= 0.3 is 6.18 Å². The van der Waals surface area contributed by atoms with Gasteiger partial charge in [0.1, 0.15) is 5.82 Å². The molecule has 1 fully saturated rings. The van der Waals surface area contributed by atoms with Crippen LogP contribution in [0.2, 0.25) is 0 Å². The summed E-state index contributed by atoms with van der Waals surface area (Å²) in [6.45, 7) is 6.98. The standard InChI is InChI=1S/C16H22F4N2/c1-11(2)9-15(22-7-5-21-6-8-22)13-10-12(16(18,19)20)3-4-14(13)17/h3-4,10-11,15,21H,5-9H2,1-2H3/t15-/m1/s1. The van der Waals surface area contributed by atoms with Crippen molar-refractivity contribution in [3.05, 3.63) is 35.1 Å². The molecule has 22 heavy (non-hydrogen) atoms. The number of hydrogen-bond acceptors (Lipinski definition) is 2. The molecular formula is C16H22F4N2. The van der Waals surface area contributed by atoms with Gasteiger partial charge in [-0.05, 0) is 30.5 Å². The minimum absolute atomic E-state index is 0.158. The molecule has 1 aliphatic rings. The fourth-order valence-electron chi connectivity index (χ4n) is 2.89. The van der Waals surface area contributed by atoms with E-state index in [2.05, 4.69) is 10.2 Å². The van der Waals surface area contributed by atoms with Crippen molar-refractivity contribution < 1.29 is 17.6 Å². The Morgan fingerprint density at radius 2 is 1.82 bits per heavy atom. The van der Waals surface area contributed by atoms with Crippen molar-refractivity contribution in [2.45, 2.75) is 32.5 Å². The van der Waals surface area contributed by atoms with Crippen LogP contribution in [-0.2, 0) is 6.18 Å². The van der Waals surface area contributed by atoms with Crippen molar-refractivity contribution >= 4 is 0 Å². The van der Waals surface area contributed by atoms with Gasteiger partial charge < -0.3 is 5.32 Å². The highest BCUT2D eigenvalue weighted by atomic mass is 19.4. The Balaban J connectivity index is 2.37. The fraction of sp³-hybridized carbons (Fsp3) is 0.625. The Bertz CT molecular complexity index is 493. The molecule has 0 amide bonds. The van der Waals surface area contributed by atoms with E-state index in [1.807, 2.05) is 13.8 Å². The lowest BCUT2D eigenvalue weighted by Gasteiger charge is -2.36. The zero-order valence-electron chi connectivity index (χ0n) is 12.9. The summed E-state index contributed by atoms with van der Waals surface area (Å²) in [7, 11) is 0. The Morgan fingerprint density at radius 1 is 1.18 bits per heavy atom. The molecule has 1 aliphatic heterocycles. The third-order valence-electron chi connectivity index (χ3n) is 3.97. The molecule has 1 aromatic carbocycles. The van der Waals surface area contributed by atoms with E-state index in [1.54, 1.807) is 0 Å². The maximum Gasteiger partial charge on any atom is 0.416 e.